The van der Waals surface area contributed by atoms with E-state index in [1.54, 1.807) is 29.6 Å². The third-order valence-corrected chi connectivity index (χ3v) is 4.81. The number of carbonyl (C=O) groups excluding carboxylic acids is 2. The van der Waals surface area contributed by atoms with Crippen LogP contribution in [0.4, 0.5) is 5.69 Å². The molecular formula is C22H19BrN2O3. The number of halogens is 1. The number of amides is 1. The summed E-state index contributed by atoms with van der Waals surface area (Å²) >= 11 is 3.47. The molecular weight excluding hydrogens is 420 g/mol. The molecule has 1 atom stereocenters. The van der Waals surface area contributed by atoms with Gasteiger partial charge in [-0.25, -0.2) is 0 Å². The molecule has 3 N–H and O–H groups in total. The van der Waals surface area contributed by atoms with Gasteiger partial charge in [0.05, 0.1) is 11.7 Å². The lowest BCUT2D eigenvalue weighted by Gasteiger charge is -2.21. The van der Waals surface area contributed by atoms with Gasteiger partial charge in [0.25, 0.3) is 5.91 Å². The van der Waals surface area contributed by atoms with Crippen LogP contribution in [0.15, 0.2) is 83.3 Å². The number of nitrogens with two attached hydrogens (primary N) is 1. The van der Waals surface area contributed by atoms with Crippen LogP contribution in [-0.4, -0.2) is 18.4 Å². The van der Waals surface area contributed by atoms with Gasteiger partial charge in [-0.05, 0) is 30.3 Å². The van der Waals surface area contributed by atoms with Gasteiger partial charge in [-0.3, -0.25) is 4.79 Å². The summed E-state index contributed by atoms with van der Waals surface area (Å²) < 4.78 is 0.836. The smallest absolute Gasteiger partial charge is 0.255 e. The number of anilines is 1. The van der Waals surface area contributed by atoms with E-state index >= 15 is 0 Å². The first-order chi connectivity index (χ1) is 13.5. The highest BCUT2D eigenvalue weighted by molar-refractivity contribution is 9.10. The second kappa shape index (κ2) is 9.30. The molecule has 0 unspecified atom stereocenters. The third-order valence-electron chi connectivity index (χ3n) is 4.31. The second-order valence-electron chi connectivity index (χ2n) is 6.25. The largest absolute Gasteiger partial charge is 0.544 e. The summed E-state index contributed by atoms with van der Waals surface area (Å²) in [5, 5.41) is 15.7. The molecule has 0 saturated carbocycles. The number of hydrogen-bond acceptors (Lipinski definition) is 3. The van der Waals surface area contributed by atoms with Crippen molar-refractivity contribution in [1.82, 2.24) is 0 Å². The zero-order chi connectivity index (χ0) is 19.9. The number of aliphatic carboxylic acids is 1. The van der Waals surface area contributed by atoms with Crippen molar-refractivity contribution < 1.29 is 20.0 Å². The maximum atomic E-state index is 12.6. The lowest BCUT2D eigenvalue weighted by molar-refractivity contribution is -0.682. The van der Waals surface area contributed by atoms with Gasteiger partial charge >= 0.3 is 0 Å². The van der Waals surface area contributed by atoms with Crippen molar-refractivity contribution in [3.05, 3.63) is 100 Å². The number of carboxylic acids is 1. The van der Waals surface area contributed by atoms with E-state index in [1.807, 2.05) is 54.6 Å². The Balaban J connectivity index is 1.98. The first-order valence-corrected chi connectivity index (χ1v) is 9.58. The Morgan fingerprint density at radius 1 is 0.964 bits per heavy atom. The van der Waals surface area contributed by atoms with Crippen LogP contribution in [0.1, 0.15) is 27.5 Å². The molecule has 0 radical (unpaired) electrons. The number of rotatable bonds is 7. The minimum atomic E-state index is -1.15. The van der Waals surface area contributed by atoms with Gasteiger partial charge in [0.1, 0.15) is 12.6 Å². The summed E-state index contributed by atoms with van der Waals surface area (Å²) in [4.78, 5) is 23.7. The predicted molar refractivity (Wildman–Crippen MR) is 109 cm³/mol. The summed E-state index contributed by atoms with van der Waals surface area (Å²) in [6, 6.07) is 23.7. The quantitative estimate of drug-likeness (QED) is 0.592. The van der Waals surface area contributed by atoms with Crippen LogP contribution in [0.2, 0.25) is 0 Å². The van der Waals surface area contributed by atoms with Crippen molar-refractivity contribution >= 4 is 33.5 Å². The van der Waals surface area contributed by atoms with Crippen molar-refractivity contribution in [2.75, 3.05) is 11.9 Å². The van der Waals surface area contributed by atoms with Gasteiger partial charge in [0.15, 0.2) is 0 Å². The first-order valence-electron chi connectivity index (χ1n) is 8.78. The van der Waals surface area contributed by atoms with E-state index in [-0.39, 0.29) is 18.5 Å². The van der Waals surface area contributed by atoms with Gasteiger partial charge in [0, 0.05) is 21.2 Å². The number of carbonyl (C=O) groups is 2. The number of hydrogen-bond donors (Lipinski definition) is 2. The van der Waals surface area contributed by atoms with E-state index in [9.17, 15) is 14.7 Å². The molecule has 0 heterocycles. The third kappa shape index (κ3) is 5.06. The van der Waals surface area contributed by atoms with Crippen LogP contribution in [-0.2, 0) is 4.79 Å². The molecule has 3 rings (SSSR count). The van der Waals surface area contributed by atoms with Crippen molar-refractivity contribution in [2.45, 2.75) is 6.04 Å². The van der Waals surface area contributed by atoms with E-state index in [4.69, 9.17) is 0 Å². The Morgan fingerprint density at radius 3 is 2.25 bits per heavy atom. The molecule has 0 fully saturated rings. The standard InChI is InChI=1S/C22H19BrN2O3/c23-17-11-12-19(25-22(28)16-9-5-2-6-10-16)18(13-17)21(24-14-20(26)27)15-7-3-1-4-8-15/h1-13,21,24H,14H2,(H,25,28)(H,26,27)/t21-/m1/s1. The van der Waals surface area contributed by atoms with Crippen molar-refractivity contribution in [2.24, 2.45) is 0 Å². The predicted octanol–water partition coefficient (Wildman–Crippen LogP) is 2.10. The van der Waals surface area contributed by atoms with Crippen molar-refractivity contribution in [3.63, 3.8) is 0 Å². The molecule has 0 saturated heterocycles. The molecule has 6 heteroatoms. The van der Waals surface area contributed by atoms with Crippen LogP contribution >= 0.6 is 15.9 Å². The molecule has 0 spiro atoms. The summed E-state index contributed by atoms with van der Waals surface area (Å²) in [5.41, 5.74) is 2.90. The van der Waals surface area contributed by atoms with Gasteiger partial charge in [0.2, 0.25) is 0 Å². The fourth-order valence-electron chi connectivity index (χ4n) is 3.01. The molecule has 5 nitrogen and oxygen atoms in total. The van der Waals surface area contributed by atoms with Crippen LogP contribution in [0.5, 0.6) is 0 Å². The topological polar surface area (TPSA) is 85.8 Å². The number of carboxylic acid groups (broad SMARTS) is 1. The fraction of sp³-hybridized carbons (Fsp3) is 0.0909. The number of benzene rings is 3. The first kappa shape index (κ1) is 19.8. The highest BCUT2D eigenvalue weighted by atomic mass is 79.9. The monoisotopic (exact) mass is 438 g/mol. The van der Waals surface area contributed by atoms with E-state index in [0.29, 0.717) is 11.3 Å². The number of quaternary nitrogens is 1. The Bertz CT molecular complexity index is 962. The molecule has 0 aliphatic rings. The zero-order valence-corrected chi connectivity index (χ0v) is 16.6. The lowest BCUT2D eigenvalue weighted by atomic mass is 9.96. The Labute approximate surface area is 171 Å². The SMILES string of the molecule is O=C([O-])C[NH2+][C@H](c1ccccc1)c1cc(Br)ccc1NC(=O)c1ccccc1. The lowest BCUT2D eigenvalue weighted by Crippen LogP contribution is -2.88. The van der Waals surface area contributed by atoms with Crippen LogP contribution in [0.25, 0.3) is 0 Å². The molecule has 0 aliphatic carbocycles. The highest BCUT2D eigenvalue weighted by Crippen LogP contribution is 2.29. The minimum Gasteiger partial charge on any atom is -0.544 e. The van der Waals surface area contributed by atoms with Gasteiger partial charge < -0.3 is 20.5 Å². The summed E-state index contributed by atoms with van der Waals surface area (Å²) in [6.07, 6.45) is 0. The minimum absolute atomic E-state index is 0.196. The molecule has 0 aliphatic heterocycles. The van der Waals surface area contributed by atoms with Gasteiger partial charge in [-0.15, -0.1) is 0 Å². The van der Waals surface area contributed by atoms with Crippen molar-refractivity contribution in [3.8, 4) is 0 Å². The normalized spacial score (nSPS) is 11.6. The van der Waals surface area contributed by atoms with E-state index in [0.717, 1.165) is 15.6 Å². The molecule has 142 valence electrons. The van der Waals surface area contributed by atoms with Crippen molar-refractivity contribution in [1.29, 1.82) is 0 Å². The Kier molecular flexibility index (Phi) is 6.57. The molecule has 0 bridgehead atoms. The average molecular weight is 439 g/mol. The summed E-state index contributed by atoms with van der Waals surface area (Å²) in [6.45, 7) is -0.196. The number of nitrogens with one attached hydrogen (secondary N) is 1. The van der Waals surface area contributed by atoms with E-state index in [2.05, 4.69) is 21.2 Å². The average Bonchev–Trinajstić information content (AvgIpc) is 2.71. The second-order valence-corrected chi connectivity index (χ2v) is 7.17. The van der Waals surface area contributed by atoms with Crippen LogP contribution in [0, 0.1) is 0 Å². The van der Waals surface area contributed by atoms with E-state index in [1.165, 1.54) is 0 Å². The van der Waals surface area contributed by atoms with E-state index < -0.39 is 5.97 Å². The highest BCUT2D eigenvalue weighted by Gasteiger charge is 2.22. The molecule has 3 aromatic rings. The zero-order valence-electron chi connectivity index (χ0n) is 15.0. The molecule has 28 heavy (non-hydrogen) atoms. The van der Waals surface area contributed by atoms with Gasteiger partial charge in [-0.1, -0.05) is 64.5 Å². The maximum Gasteiger partial charge on any atom is 0.255 e. The molecule has 3 aromatic carbocycles. The summed E-state index contributed by atoms with van der Waals surface area (Å²) in [5.74, 6) is -1.37. The molecule has 1 amide bonds. The van der Waals surface area contributed by atoms with Crippen LogP contribution in [0.3, 0.4) is 0 Å². The fourth-order valence-corrected chi connectivity index (χ4v) is 3.38. The van der Waals surface area contributed by atoms with Gasteiger partial charge in [-0.2, -0.15) is 0 Å². The molecule has 0 aromatic heterocycles. The Hall–Kier alpha value is -2.96. The Morgan fingerprint density at radius 2 is 1.61 bits per heavy atom. The summed E-state index contributed by atoms with van der Waals surface area (Å²) in [7, 11) is 0. The van der Waals surface area contributed by atoms with Crippen LogP contribution < -0.4 is 15.7 Å². The maximum absolute atomic E-state index is 12.6.